The van der Waals surface area contributed by atoms with Crippen LogP contribution in [-0.4, -0.2) is 14.5 Å². The monoisotopic (exact) mass is 469 g/mol. The zero-order valence-corrected chi connectivity index (χ0v) is 18.1. The summed E-state index contributed by atoms with van der Waals surface area (Å²) in [5.41, 5.74) is 5.34. The van der Waals surface area contributed by atoms with Crippen LogP contribution >= 0.6 is 43.5 Å². The van der Waals surface area contributed by atoms with Crippen LogP contribution in [0.2, 0.25) is 5.15 Å². The summed E-state index contributed by atoms with van der Waals surface area (Å²) in [5, 5.41) is 1.41. The van der Waals surface area contributed by atoms with Crippen LogP contribution in [0.1, 0.15) is 42.4 Å². The molecule has 24 heavy (non-hydrogen) atoms. The predicted octanol–water partition coefficient (Wildman–Crippen LogP) is 6.65. The predicted molar refractivity (Wildman–Crippen MR) is 108 cm³/mol. The zero-order valence-electron chi connectivity index (χ0n) is 14.2. The molecule has 0 amide bonds. The summed E-state index contributed by atoms with van der Waals surface area (Å²) in [4.78, 5) is 8.97. The molecule has 0 fully saturated rings. The summed E-state index contributed by atoms with van der Waals surface area (Å²) in [6, 6.07) is 4.34. The Labute approximate surface area is 163 Å². The molecule has 3 nitrogen and oxygen atoms in total. The summed E-state index contributed by atoms with van der Waals surface area (Å²) in [5.74, 6) is 1.12. The Kier molecular flexibility index (Phi) is 4.80. The van der Waals surface area contributed by atoms with E-state index in [-0.39, 0.29) is 0 Å². The van der Waals surface area contributed by atoms with Gasteiger partial charge in [-0.05, 0) is 81.8 Å². The molecule has 0 aliphatic carbocycles. The minimum Gasteiger partial charge on any atom is -0.296 e. The molecule has 3 rings (SSSR count). The van der Waals surface area contributed by atoms with Crippen LogP contribution in [0.15, 0.2) is 21.1 Å². The van der Waals surface area contributed by atoms with Gasteiger partial charge < -0.3 is 0 Å². The Morgan fingerprint density at radius 1 is 1.04 bits per heavy atom. The molecule has 0 radical (unpaired) electrons. The van der Waals surface area contributed by atoms with Gasteiger partial charge in [-0.2, -0.15) is 0 Å². The van der Waals surface area contributed by atoms with Gasteiger partial charge in [-0.1, -0.05) is 25.4 Å². The van der Waals surface area contributed by atoms with Crippen molar-refractivity contribution in [1.29, 1.82) is 0 Å². The average Bonchev–Trinajstić information content (AvgIpc) is 2.71. The Bertz CT molecular complexity index is 938. The zero-order chi connectivity index (χ0) is 17.8. The molecule has 0 aliphatic rings. The molecule has 0 aliphatic heterocycles. The van der Waals surface area contributed by atoms with Crippen molar-refractivity contribution in [3.63, 3.8) is 0 Å². The molecule has 1 aromatic carbocycles. The van der Waals surface area contributed by atoms with Gasteiger partial charge in [0.25, 0.3) is 0 Å². The lowest BCUT2D eigenvalue weighted by molar-refractivity contribution is 0.861. The highest BCUT2D eigenvalue weighted by atomic mass is 79.9. The van der Waals surface area contributed by atoms with Crippen molar-refractivity contribution in [3.05, 3.63) is 48.9 Å². The molecule has 0 N–H and O–H groups in total. The maximum absolute atomic E-state index is 6.40. The highest BCUT2D eigenvalue weighted by Crippen LogP contribution is 2.38. The Morgan fingerprint density at radius 3 is 2.17 bits per heavy atom. The van der Waals surface area contributed by atoms with E-state index in [1.54, 1.807) is 0 Å². The van der Waals surface area contributed by atoms with Crippen molar-refractivity contribution in [1.82, 2.24) is 14.5 Å². The van der Waals surface area contributed by atoms with E-state index in [2.05, 4.69) is 86.2 Å². The second-order valence-corrected chi connectivity index (χ2v) is 8.36. The number of hydrogen-bond donors (Lipinski definition) is 0. The molecule has 126 valence electrons. The molecule has 3 aromatic rings. The Hall–Kier alpha value is -0.910. The third kappa shape index (κ3) is 2.80. The molecule has 2 aromatic heterocycles. The number of fused-ring (bicyclic) bond motifs is 1. The maximum Gasteiger partial charge on any atom is 0.150 e. The number of halogens is 3. The first-order chi connectivity index (χ1) is 11.2. The average molecular weight is 472 g/mol. The van der Waals surface area contributed by atoms with Crippen molar-refractivity contribution >= 4 is 54.5 Å². The third-order valence-electron chi connectivity index (χ3n) is 4.35. The van der Waals surface area contributed by atoms with Crippen LogP contribution < -0.4 is 0 Å². The number of rotatable bonds is 2. The number of nitrogens with zero attached hydrogens (tertiary/aromatic N) is 3. The smallest absolute Gasteiger partial charge is 0.150 e. The van der Waals surface area contributed by atoms with E-state index in [9.17, 15) is 0 Å². The first-order valence-electron chi connectivity index (χ1n) is 7.73. The van der Waals surface area contributed by atoms with Crippen molar-refractivity contribution in [2.24, 2.45) is 0 Å². The van der Waals surface area contributed by atoms with Gasteiger partial charge in [0, 0.05) is 14.6 Å². The lowest BCUT2D eigenvalue weighted by atomic mass is 10.0. The summed E-state index contributed by atoms with van der Waals surface area (Å²) in [6.45, 7) is 10.4. The van der Waals surface area contributed by atoms with Gasteiger partial charge in [-0.25, -0.2) is 9.97 Å². The van der Waals surface area contributed by atoms with Gasteiger partial charge in [0.2, 0.25) is 0 Å². The quantitative estimate of drug-likeness (QED) is 0.392. The van der Waals surface area contributed by atoms with Crippen LogP contribution in [0.3, 0.4) is 0 Å². The van der Waals surface area contributed by atoms with E-state index >= 15 is 0 Å². The highest BCUT2D eigenvalue weighted by molar-refractivity contribution is 9.11. The largest absolute Gasteiger partial charge is 0.296 e. The summed E-state index contributed by atoms with van der Waals surface area (Å²) < 4.78 is 4.18. The van der Waals surface area contributed by atoms with Crippen LogP contribution in [-0.2, 0) is 0 Å². The molecule has 0 bridgehead atoms. The fraction of sp³-hybridized carbons (Fsp3) is 0.333. The normalized spacial score (nSPS) is 11.7. The number of aryl methyl sites for hydroxylation is 2. The van der Waals surface area contributed by atoms with Crippen molar-refractivity contribution in [3.8, 4) is 5.69 Å². The van der Waals surface area contributed by atoms with Gasteiger partial charge in [0.15, 0.2) is 0 Å². The number of benzene rings is 1. The van der Waals surface area contributed by atoms with Crippen LogP contribution in [0, 0.1) is 20.8 Å². The van der Waals surface area contributed by atoms with Gasteiger partial charge >= 0.3 is 0 Å². The van der Waals surface area contributed by atoms with Crippen molar-refractivity contribution in [2.75, 3.05) is 0 Å². The summed E-state index contributed by atoms with van der Waals surface area (Å²) >= 11 is 13.9. The fourth-order valence-corrected chi connectivity index (χ4v) is 4.85. The van der Waals surface area contributed by atoms with E-state index in [0.29, 0.717) is 16.9 Å². The lowest BCUT2D eigenvalue weighted by Crippen LogP contribution is -2.03. The Balaban J connectivity index is 2.42. The van der Waals surface area contributed by atoms with E-state index < -0.39 is 0 Å². The van der Waals surface area contributed by atoms with Crippen LogP contribution in [0.4, 0.5) is 0 Å². The van der Waals surface area contributed by atoms with E-state index in [4.69, 9.17) is 11.6 Å². The molecular weight excluding hydrogens is 453 g/mol. The minimum atomic E-state index is 0.454. The van der Waals surface area contributed by atoms with E-state index in [0.717, 1.165) is 36.9 Å². The Morgan fingerprint density at radius 2 is 1.62 bits per heavy atom. The number of aromatic nitrogens is 3. The lowest BCUT2D eigenvalue weighted by Gasteiger charge is -2.16. The van der Waals surface area contributed by atoms with Gasteiger partial charge in [-0.15, -0.1) is 0 Å². The topological polar surface area (TPSA) is 30.7 Å². The molecule has 0 saturated heterocycles. The molecule has 0 saturated carbocycles. The highest BCUT2D eigenvalue weighted by Gasteiger charge is 2.21. The summed E-state index contributed by atoms with van der Waals surface area (Å²) in [7, 11) is 0. The standard InChI is InChI=1S/C18H18Br2ClN3/c1-8(2)12-6-13(19)16(14(20)7-12)24-10(4)9(3)15-17(21)22-11(5)23-18(15)24/h6-8H,1-5H3. The first-order valence-corrected chi connectivity index (χ1v) is 9.69. The van der Waals surface area contributed by atoms with Crippen molar-refractivity contribution in [2.45, 2.75) is 40.5 Å². The first kappa shape index (κ1) is 17.9. The van der Waals surface area contributed by atoms with Crippen molar-refractivity contribution < 1.29 is 0 Å². The maximum atomic E-state index is 6.40. The van der Waals surface area contributed by atoms with E-state index in [1.807, 2.05) is 6.92 Å². The van der Waals surface area contributed by atoms with E-state index in [1.165, 1.54) is 5.56 Å². The third-order valence-corrected chi connectivity index (χ3v) is 5.83. The second-order valence-electron chi connectivity index (χ2n) is 6.29. The molecule has 6 heteroatoms. The minimum absolute atomic E-state index is 0.454. The molecule has 0 unspecified atom stereocenters. The summed E-state index contributed by atoms with van der Waals surface area (Å²) in [6.07, 6.45) is 0. The second kappa shape index (κ2) is 6.43. The fourth-order valence-electron chi connectivity index (χ4n) is 2.92. The van der Waals surface area contributed by atoms with Crippen LogP contribution in [0.5, 0.6) is 0 Å². The molecule has 0 spiro atoms. The van der Waals surface area contributed by atoms with Gasteiger partial charge in [0.1, 0.15) is 16.6 Å². The SMILES string of the molecule is Cc1nc(Cl)c2c(C)c(C)n(-c3c(Br)cc(C(C)C)cc3Br)c2n1. The molecular formula is C18H18Br2ClN3. The van der Waals surface area contributed by atoms with Gasteiger partial charge in [0.05, 0.1) is 11.1 Å². The molecule has 0 atom stereocenters. The number of hydrogen-bond acceptors (Lipinski definition) is 2. The van der Waals surface area contributed by atoms with Gasteiger partial charge in [-0.3, -0.25) is 4.57 Å². The molecule has 2 heterocycles. The van der Waals surface area contributed by atoms with Crippen LogP contribution in [0.25, 0.3) is 16.7 Å².